The van der Waals surface area contributed by atoms with Crippen LogP contribution in [0.2, 0.25) is 0 Å². The summed E-state index contributed by atoms with van der Waals surface area (Å²) >= 11 is 0. The minimum atomic E-state index is 0.704. The van der Waals surface area contributed by atoms with E-state index in [1.165, 1.54) is 11.1 Å². The first-order valence-corrected chi connectivity index (χ1v) is 5.81. The van der Waals surface area contributed by atoms with Gasteiger partial charge in [0.2, 0.25) is 0 Å². The lowest BCUT2D eigenvalue weighted by Crippen LogP contribution is -2.17. The normalized spacial score (nSPS) is 10.7. The molecule has 5 heteroatoms. The van der Waals surface area contributed by atoms with E-state index in [1.807, 2.05) is 4.68 Å². The quantitative estimate of drug-likeness (QED) is 0.838. The lowest BCUT2D eigenvalue weighted by atomic mass is 10.1. The molecule has 2 aromatic rings. The van der Waals surface area contributed by atoms with E-state index in [2.05, 4.69) is 59.0 Å². The van der Waals surface area contributed by atoms with Crippen LogP contribution in [0.1, 0.15) is 23.9 Å². The van der Waals surface area contributed by atoms with Crippen molar-refractivity contribution in [1.82, 2.24) is 25.5 Å². The Bertz CT molecular complexity index is 460. The molecule has 2 rings (SSSR count). The number of aryl methyl sites for hydroxylation is 1. The largest absolute Gasteiger partial charge is 0.310 e. The van der Waals surface area contributed by atoms with Gasteiger partial charge < -0.3 is 5.32 Å². The van der Waals surface area contributed by atoms with Gasteiger partial charge in [0.15, 0.2) is 5.82 Å². The standard InChI is InChI=1S/C12H17N5/c1-3-13-8-12-14-15-16-17(12)9-11-6-4-10(2)5-7-11/h4-7,13H,3,8-9H2,1-2H3. The molecule has 0 amide bonds. The maximum absolute atomic E-state index is 4.01. The van der Waals surface area contributed by atoms with Gasteiger partial charge in [0.25, 0.3) is 0 Å². The highest BCUT2D eigenvalue weighted by molar-refractivity contribution is 5.21. The summed E-state index contributed by atoms with van der Waals surface area (Å²) in [4.78, 5) is 0. The van der Waals surface area contributed by atoms with Gasteiger partial charge in [-0.15, -0.1) is 5.10 Å². The molecule has 0 spiro atoms. The van der Waals surface area contributed by atoms with Gasteiger partial charge in [-0.25, -0.2) is 4.68 Å². The predicted octanol–water partition coefficient (Wildman–Crippen LogP) is 1.14. The van der Waals surface area contributed by atoms with E-state index in [0.29, 0.717) is 13.1 Å². The fourth-order valence-corrected chi connectivity index (χ4v) is 1.58. The molecule has 5 nitrogen and oxygen atoms in total. The number of hydrogen-bond donors (Lipinski definition) is 1. The van der Waals surface area contributed by atoms with Crippen molar-refractivity contribution in [2.75, 3.05) is 6.54 Å². The summed E-state index contributed by atoms with van der Waals surface area (Å²) in [6.07, 6.45) is 0. The van der Waals surface area contributed by atoms with Gasteiger partial charge in [-0.1, -0.05) is 36.8 Å². The Kier molecular flexibility index (Phi) is 3.82. The number of benzene rings is 1. The van der Waals surface area contributed by atoms with E-state index in [-0.39, 0.29) is 0 Å². The number of nitrogens with one attached hydrogen (secondary N) is 1. The second-order valence-corrected chi connectivity index (χ2v) is 4.02. The number of nitrogens with zero attached hydrogens (tertiary/aromatic N) is 4. The number of hydrogen-bond acceptors (Lipinski definition) is 4. The van der Waals surface area contributed by atoms with Crippen LogP contribution in [-0.2, 0) is 13.1 Å². The van der Waals surface area contributed by atoms with Gasteiger partial charge in [-0.3, -0.25) is 0 Å². The van der Waals surface area contributed by atoms with Gasteiger partial charge in [-0.2, -0.15) is 0 Å². The summed E-state index contributed by atoms with van der Waals surface area (Å²) in [5.41, 5.74) is 2.47. The Hall–Kier alpha value is -1.75. The molecule has 0 radical (unpaired) electrons. The second-order valence-electron chi connectivity index (χ2n) is 4.02. The number of tetrazole rings is 1. The summed E-state index contributed by atoms with van der Waals surface area (Å²) in [6, 6.07) is 8.41. The molecular formula is C12H17N5. The first-order chi connectivity index (χ1) is 8.29. The molecule has 0 aliphatic carbocycles. The van der Waals surface area contributed by atoms with Gasteiger partial charge >= 0.3 is 0 Å². The smallest absolute Gasteiger partial charge is 0.165 e. The first-order valence-electron chi connectivity index (χ1n) is 5.81. The van der Waals surface area contributed by atoms with Crippen molar-refractivity contribution in [2.45, 2.75) is 26.9 Å². The van der Waals surface area contributed by atoms with Gasteiger partial charge in [0.05, 0.1) is 13.1 Å². The molecule has 0 saturated heterocycles. The second kappa shape index (κ2) is 5.54. The molecule has 0 aliphatic heterocycles. The van der Waals surface area contributed by atoms with Gasteiger partial charge in [-0.05, 0) is 29.5 Å². The zero-order valence-electron chi connectivity index (χ0n) is 10.2. The number of rotatable bonds is 5. The van der Waals surface area contributed by atoms with Crippen molar-refractivity contribution in [1.29, 1.82) is 0 Å². The van der Waals surface area contributed by atoms with E-state index in [4.69, 9.17) is 0 Å². The van der Waals surface area contributed by atoms with Crippen LogP contribution >= 0.6 is 0 Å². The molecule has 0 fully saturated rings. The van der Waals surface area contributed by atoms with E-state index >= 15 is 0 Å². The molecule has 1 heterocycles. The average molecular weight is 231 g/mol. The van der Waals surface area contributed by atoms with E-state index < -0.39 is 0 Å². The maximum Gasteiger partial charge on any atom is 0.165 e. The van der Waals surface area contributed by atoms with Crippen LogP contribution in [0.4, 0.5) is 0 Å². The summed E-state index contributed by atoms with van der Waals surface area (Å²) in [6.45, 7) is 6.48. The van der Waals surface area contributed by atoms with Crippen LogP contribution < -0.4 is 5.32 Å². The monoisotopic (exact) mass is 231 g/mol. The fraction of sp³-hybridized carbons (Fsp3) is 0.417. The van der Waals surface area contributed by atoms with Crippen LogP contribution in [0.5, 0.6) is 0 Å². The molecule has 0 atom stereocenters. The molecule has 0 bridgehead atoms. The van der Waals surface area contributed by atoms with Crippen LogP contribution in [0.3, 0.4) is 0 Å². The first kappa shape index (κ1) is 11.7. The third-order valence-corrected chi connectivity index (χ3v) is 2.59. The minimum absolute atomic E-state index is 0.704. The van der Waals surface area contributed by atoms with Gasteiger partial charge in [0.1, 0.15) is 0 Å². The molecule has 0 aliphatic rings. The summed E-state index contributed by atoms with van der Waals surface area (Å²) in [7, 11) is 0. The molecule has 0 unspecified atom stereocenters. The molecule has 1 aromatic carbocycles. The van der Waals surface area contributed by atoms with Crippen molar-refractivity contribution in [3.63, 3.8) is 0 Å². The van der Waals surface area contributed by atoms with Crippen LogP contribution in [-0.4, -0.2) is 26.8 Å². The highest BCUT2D eigenvalue weighted by Crippen LogP contribution is 2.05. The van der Waals surface area contributed by atoms with E-state index in [0.717, 1.165) is 12.4 Å². The summed E-state index contributed by atoms with van der Waals surface area (Å²) < 4.78 is 1.83. The van der Waals surface area contributed by atoms with Crippen LogP contribution in [0.15, 0.2) is 24.3 Å². The average Bonchev–Trinajstić information content (AvgIpc) is 2.77. The maximum atomic E-state index is 4.01. The highest BCUT2D eigenvalue weighted by atomic mass is 15.5. The van der Waals surface area contributed by atoms with Crippen molar-refractivity contribution in [3.05, 3.63) is 41.2 Å². The minimum Gasteiger partial charge on any atom is -0.310 e. The van der Waals surface area contributed by atoms with Crippen molar-refractivity contribution in [2.24, 2.45) is 0 Å². The molecular weight excluding hydrogens is 214 g/mol. The third kappa shape index (κ3) is 3.10. The molecule has 0 saturated carbocycles. The predicted molar refractivity (Wildman–Crippen MR) is 65.5 cm³/mol. The highest BCUT2D eigenvalue weighted by Gasteiger charge is 2.05. The Morgan fingerprint density at radius 3 is 2.71 bits per heavy atom. The van der Waals surface area contributed by atoms with Crippen LogP contribution in [0, 0.1) is 6.92 Å². The van der Waals surface area contributed by atoms with Crippen molar-refractivity contribution in [3.8, 4) is 0 Å². The number of aromatic nitrogens is 4. The van der Waals surface area contributed by atoms with Crippen molar-refractivity contribution < 1.29 is 0 Å². The molecule has 1 N–H and O–H groups in total. The lowest BCUT2D eigenvalue weighted by Gasteiger charge is -2.05. The Morgan fingerprint density at radius 2 is 2.00 bits per heavy atom. The summed E-state index contributed by atoms with van der Waals surface area (Å²) in [5, 5.41) is 14.9. The Balaban J connectivity index is 2.07. The van der Waals surface area contributed by atoms with E-state index in [9.17, 15) is 0 Å². The van der Waals surface area contributed by atoms with Crippen LogP contribution in [0.25, 0.3) is 0 Å². The van der Waals surface area contributed by atoms with Crippen molar-refractivity contribution >= 4 is 0 Å². The van der Waals surface area contributed by atoms with E-state index in [1.54, 1.807) is 0 Å². The zero-order chi connectivity index (χ0) is 12.1. The van der Waals surface area contributed by atoms with Gasteiger partial charge in [0, 0.05) is 0 Å². The molecule has 1 aromatic heterocycles. The lowest BCUT2D eigenvalue weighted by molar-refractivity contribution is 0.588. The topological polar surface area (TPSA) is 55.6 Å². The fourth-order valence-electron chi connectivity index (χ4n) is 1.58. The third-order valence-electron chi connectivity index (χ3n) is 2.59. The zero-order valence-corrected chi connectivity index (χ0v) is 10.2. The molecule has 90 valence electrons. The Labute approximate surface area is 101 Å². The summed E-state index contributed by atoms with van der Waals surface area (Å²) in [5.74, 6) is 0.868. The SMILES string of the molecule is CCNCc1nnnn1Cc1ccc(C)cc1. The molecule has 17 heavy (non-hydrogen) atoms. The Morgan fingerprint density at radius 1 is 1.24 bits per heavy atom.